The Kier molecular flexibility index (Phi) is 3.90. The van der Waals surface area contributed by atoms with Crippen molar-refractivity contribution in [3.63, 3.8) is 0 Å². The van der Waals surface area contributed by atoms with Crippen LogP contribution in [0.5, 0.6) is 5.75 Å². The van der Waals surface area contributed by atoms with Gasteiger partial charge in [-0.3, -0.25) is 0 Å². The molecular weight excluding hydrogens is 243 g/mol. The van der Waals surface area contributed by atoms with Crippen LogP contribution in [0.15, 0.2) is 36.4 Å². The largest absolute Gasteiger partial charge is 0.497 e. The number of nitrogens with one attached hydrogen (secondary N) is 1. The third-order valence-corrected chi connectivity index (χ3v) is 2.97. The van der Waals surface area contributed by atoms with Gasteiger partial charge in [0.05, 0.1) is 18.5 Å². The van der Waals surface area contributed by atoms with Gasteiger partial charge in [-0.15, -0.1) is 0 Å². The van der Waals surface area contributed by atoms with Crippen molar-refractivity contribution < 1.29 is 9.13 Å². The van der Waals surface area contributed by atoms with Gasteiger partial charge in [0.2, 0.25) is 0 Å². The topological polar surface area (TPSA) is 47.3 Å². The van der Waals surface area contributed by atoms with Crippen LogP contribution in [0, 0.1) is 12.7 Å². The van der Waals surface area contributed by atoms with Gasteiger partial charge in [-0.1, -0.05) is 12.1 Å². The Morgan fingerprint density at radius 3 is 2.53 bits per heavy atom. The molecule has 2 aromatic carbocycles. The van der Waals surface area contributed by atoms with Crippen LogP contribution in [0.3, 0.4) is 0 Å². The van der Waals surface area contributed by atoms with Crippen LogP contribution in [0.4, 0.5) is 15.8 Å². The molecule has 2 aromatic rings. The lowest BCUT2D eigenvalue weighted by molar-refractivity contribution is 0.414. The van der Waals surface area contributed by atoms with Crippen molar-refractivity contribution in [1.82, 2.24) is 0 Å². The van der Waals surface area contributed by atoms with Crippen molar-refractivity contribution in [1.29, 1.82) is 0 Å². The van der Waals surface area contributed by atoms with Gasteiger partial charge in [0, 0.05) is 6.54 Å². The number of hydrogen-bond donors (Lipinski definition) is 2. The fourth-order valence-electron chi connectivity index (χ4n) is 1.79. The molecular formula is C15H17FN2O. The summed E-state index contributed by atoms with van der Waals surface area (Å²) in [5.74, 6) is 0.536. The maximum absolute atomic E-state index is 13.3. The van der Waals surface area contributed by atoms with E-state index in [1.165, 1.54) is 6.07 Å². The second kappa shape index (κ2) is 5.61. The molecule has 0 spiro atoms. The summed E-state index contributed by atoms with van der Waals surface area (Å²) in [6.07, 6.45) is 0. The van der Waals surface area contributed by atoms with E-state index in [2.05, 4.69) is 5.32 Å². The van der Waals surface area contributed by atoms with Gasteiger partial charge in [-0.25, -0.2) is 4.39 Å². The summed E-state index contributed by atoms with van der Waals surface area (Å²) in [5, 5.41) is 3.20. The molecule has 0 aliphatic heterocycles. The van der Waals surface area contributed by atoms with Gasteiger partial charge in [-0.05, 0) is 42.3 Å². The highest BCUT2D eigenvalue weighted by atomic mass is 19.1. The quantitative estimate of drug-likeness (QED) is 0.829. The summed E-state index contributed by atoms with van der Waals surface area (Å²) >= 11 is 0. The lowest BCUT2D eigenvalue weighted by Crippen LogP contribution is -2.03. The van der Waals surface area contributed by atoms with Gasteiger partial charge in [0.25, 0.3) is 0 Å². The van der Waals surface area contributed by atoms with Crippen LogP contribution in [0.1, 0.15) is 11.1 Å². The fourth-order valence-corrected chi connectivity index (χ4v) is 1.79. The summed E-state index contributed by atoms with van der Waals surface area (Å²) in [4.78, 5) is 0. The van der Waals surface area contributed by atoms with Gasteiger partial charge in [0.15, 0.2) is 0 Å². The van der Waals surface area contributed by atoms with Gasteiger partial charge in [0.1, 0.15) is 11.6 Å². The second-order valence-electron chi connectivity index (χ2n) is 4.39. The Labute approximate surface area is 112 Å². The van der Waals surface area contributed by atoms with E-state index in [1.807, 2.05) is 24.3 Å². The molecule has 0 aliphatic carbocycles. The average Bonchev–Trinajstić information content (AvgIpc) is 2.42. The van der Waals surface area contributed by atoms with Crippen molar-refractivity contribution >= 4 is 11.4 Å². The Balaban J connectivity index is 2.07. The number of nitrogens with two attached hydrogens (primary N) is 1. The fraction of sp³-hybridized carbons (Fsp3) is 0.200. The lowest BCUT2D eigenvalue weighted by Gasteiger charge is -2.11. The summed E-state index contributed by atoms with van der Waals surface area (Å²) in [6, 6.07) is 10.8. The van der Waals surface area contributed by atoms with E-state index in [4.69, 9.17) is 10.5 Å². The van der Waals surface area contributed by atoms with Crippen LogP contribution in [-0.2, 0) is 6.54 Å². The zero-order valence-corrected chi connectivity index (χ0v) is 11.0. The third-order valence-electron chi connectivity index (χ3n) is 2.97. The Morgan fingerprint density at radius 1 is 1.21 bits per heavy atom. The zero-order valence-electron chi connectivity index (χ0n) is 11.0. The van der Waals surface area contributed by atoms with E-state index in [1.54, 1.807) is 20.1 Å². The van der Waals surface area contributed by atoms with E-state index in [0.29, 0.717) is 17.8 Å². The minimum atomic E-state index is -0.285. The summed E-state index contributed by atoms with van der Waals surface area (Å²) in [7, 11) is 1.63. The standard InChI is InChI=1S/C15H17FN2O/c1-10-7-15(14(17)8-13(10)16)18-9-11-3-5-12(19-2)6-4-11/h3-8,18H,9,17H2,1-2H3. The number of benzene rings is 2. The average molecular weight is 260 g/mol. The highest BCUT2D eigenvalue weighted by molar-refractivity contribution is 5.67. The van der Waals surface area contributed by atoms with E-state index in [9.17, 15) is 4.39 Å². The number of nitrogen functional groups attached to an aromatic ring is 1. The van der Waals surface area contributed by atoms with Crippen molar-refractivity contribution in [2.45, 2.75) is 13.5 Å². The number of anilines is 2. The molecule has 0 saturated heterocycles. The van der Waals surface area contributed by atoms with Crippen LogP contribution < -0.4 is 15.8 Å². The highest BCUT2D eigenvalue weighted by Crippen LogP contribution is 2.23. The molecule has 0 aromatic heterocycles. The summed E-state index contributed by atoms with van der Waals surface area (Å²) in [5.41, 5.74) is 8.61. The van der Waals surface area contributed by atoms with E-state index in [-0.39, 0.29) is 5.82 Å². The Hall–Kier alpha value is -2.23. The molecule has 3 nitrogen and oxygen atoms in total. The van der Waals surface area contributed by atoms with Crippen LogP contribution in [0.2, 0.25) is 0 Å². The molecule has 0 heterocycles. The SMILES string of the molecule is COc1ccc(CNc2cc(C)c(F)cc2N)cc1. The maximum Gasteiger partial charge on any atom is 0.128 e. The van der Waals surface area contributed by atoms with Gasteiger partial charge < -0.3 is 15.8 Å². The number of halogens is 1. The predicted molar refractivity (Wildman–Crippen MR) is 75.9 cm³/mol. The van der Waals surface area contributed by atoms with Gasteiger partial charge >= 0.3 is 0 Å². The molecule has 0 bridgehead atoms. The molecule has 0 radical (unpaired) electrons. The summed E-state index contributed by atoms with van der Waals surface area (Å²) in [6.45, 7) is 2.34. The molecule has 0 atom stereocenters. The first kappa shape index (κ1) is 13.2. The monoisotopic (exact) mass is 260 g/mol. The molecule has 0 unspecified atom stereocenters. The van der Waals surface area contributed by atoms with Crippen molar-refractivity contribution in [3.05, 3.63) is 53.3 Å². The maximum atomic E-state index is 13.3. The number of methoxy groups -OCH3 is 1. The summed E-state index contributed by atoms with van der Waals surface area (Å²) < 4.78 is 18.4. The predicted octanol–water partition coefficient (Wildman–Crippen LogP) is 3.34. The number of rotatable bonds is 4. The van der Waals surface area contributed by atoms with Crippen molar-refractivity contribution in [2.75, 3.05) is 18.2 Å². The minimum Gasteiger partial charge on any atom is -0.497 e. The first-order valence-corrected chi connectivity index (χ1v) is 6.02. The third kappa shape index (κ3) is 3.16. The van der Waals surface area contributed by atoms with Crippen molar-refractivity contribution in [2.24, 2.45) is 0 Å². The Morgan fingerprint density at radius 2 is 1.89 bits per heavy atom. The first-order valence-electron chi connectivity index (χ1n) is 6.02. The van der Waals surface area contributed by atoms with Gasteiger partial charge in [-0.2, -0.15) is 0 Å². The van der Waals surface area contributed by atoms with Crippen molar-refractivity contribution in [3.8, 4) is 5.75 Å². The van der Waals surface area contributed by atoms with E-state index < -0.39 is 0 Å². The first-order chi connectivity index (χ1) is 9.10. The molecule has 3 N–H and O–H groups in total. The number of hydrogen-bond acceptors (Lipinski definition) is 3. The smallest absolute Gasteiger partial charge is 0.128 e. The van der Waals surface area contributed by atoms with E-state index >= 15 is 0 Å². The zero-order chi connectivity index (χ0) is 13.8. The van der Waals surface area contributed by atoms with Crippen LogP contribution in [0.25, 0.3) is 0 Å². The normalized spacial score (nSPS) is 10.3. The molecule has 19 heavy (non-hydrogen) atoms. The van der Waals surface area contributed by atoms with Crippen LogP contribution >= 0.6 is 0 Å². The molecule has 4 heteroatoms. The molecule has 0 saturated carbocycles. The lowest BCUT2D eigenvalue weighted by atomic mass is 10.1. The molecule has 0 fully saturated rings. The Bertz CT molecular complexity index is 567. The highest BCUT2D eigenvalue weighted by Gasteiger charge is 2.04. The second-order valence-corrected chi connectivity index (χ2v) is 4.39. The van der Waals surface area contributed by atoms with Crippen LogP contribution in [-0.4, -0.2) is 7.11 Å². The molecule has 0 amide bonds. The van der Waals surface area contributed by atoms with E-state index in [0.717, 1.165) is 17.0 Å². The molecule has 100 valence electrons. The number of ether oxygens (including phenoxy) is 1. The minimum absolute atomic E-state index is 0.285. The molecule has 0 aliphatic rings. The number of aryl methyl sites for hydroxylation is 1. The molecule has 2 rings (SSSR count).